The van der Waals surface area contributed by atoms with Crippen LogP contribution < -0.4 is 10.1 Å². The molecule has 2 saturated heterocycles. The number of hydrogen-bond donors (Lipinski definition) is 1. The molecule has 3 heterocycles. The summed E-state index contributed by atoms with van der Waals surface area (Å²) in [6, 6.07) is 8.28. The second-order valence-electron chi connectivity index (χ2n) is 7.00. The van der Waals surface area contributed by atoms with Gasteiger partial charge in [-0.15, -0.1) is 35.3 Å². The second-order valence-corrected chi connectivity index (χ2v) is 10.5. The van der Waals surface area contributed by atoms with E-state index >= 15 is 0 Å². The van der Waals surface area contributed by atoms with Gasteiger partial charge in [-0.25, -0.2) is 0 Å². The number of rotatable bonds is 2. The number of methoxy groups -OCH3 is 1. The van der Waals surface area contributed by atoms with Crippen molar-refractivity contribution in [3.63, 3.8) is 0 Å². The maximum atomic E-state index is 12.7. The molecule has 0 radical (unpaired) electrons. The minimum absolute atomic E-state index is 0.0342. The molecule has 0 bridgehead atoms. The van der Waals surface area contributed by atoms with Gasteiger partial charge < -0.3 is 15.0 Å². The Morgan fingerprint density at radius 2 is 1.93 bits per heavy atom. The SMILES string of the molecule is COc1ccc([C@@H]2C3=C(N[C@H]4SCC(=O)N42)C(=C2SCCS2)CCC3)cc1. The first-order chi connectivity index (χ1) is 13.3. The maximum absolute atomic E-state index is 12.7. The molecule has 5 rings (SSSR count). The van der Waals surface area contributed by atoms with E-state index in [-0.39, 0.29) is 17.4 Å². The average Bonchev–Trinajstić information content (AvgIpc) is 3.37. The summed E-state index contributed by atoms with van der Waals surface area (Å²) >= 11 is 5.70. The van der Waals surface area contributed by atoms with Gasteiger partial charge in [-0.05, 0) is 48.1 Å². The minimum Gasteiger partial charge on any atom is -0.497 e. The van der Waals surface area contributed by atoms with Crippen LogP contribution in [0.15, 0.2) is 45.3 Å². The van der Waals surface area contributed by atoms with E-state index in [0.717, 1.165) is 25.0 Å². The summed E-state index contributed by atoms with van der Waals surface area (Å²) in [5, 5.41) is 3.74. The summed E-state index contributed by atoms with van der Waals surface area (Å²) in [4.78, 5) is 14.8. The molecule has 2 atom stereocenters. The van der Waals surface area contributed by atoms with Gasteiger partial charge in [0.2, 0.25) is 5.91 Å². The molecule has 4 nitrogen and oxygen atoms in total. The minimum atomic E-state index is 0.0342. The first-order valence-electron chi connectivity index (χ1n) is 9.31. The van der Waals surface area contributed by atoms with Gasteiger partial charge in [0.25, 0.3) is 0 Å². The van der Waals surface area contributed by atoms with Crippen LogP contribution in [0.3, 0.4) is 0 Å². The highest BCUT2D eigenvalue weighted by Crippen LogP contribution is 2.50. The molecule has 27 heavy (non-hydrogen) atoms. The van der Waals surface area contributed by atoms with Crippen molar-refractivity contribution in [3.05, 3.63) is 50.9 Å². The van der Waals surface area contributed by atoms with E-state index < -0.39 is 0 Å². The summed E-state index contributed by atoms with van der Waals surface area (Å²) in [6.45, 7) is 0. The monoisotopic (exact) mass is 418 g/mol. The molecular weight excluding hydrogens is 396 g/mol. The van der Waals surface area contributed by atoms with Crippen molar-refractivity contribution < 1.29 is 9.53 Å². The Labute approximate surface area is 172 Å². The lowest BCUT2D eigenvalue weighted by molar-refractivity contribution is -0.130. The van der Waals surface area contributed by atoms with Crippen molar-refractivity contribution in [2.75, 3.05) is 24.4 Å². The molecule has 0 unspecified atom stereocenters. The van der Waals surface area contributed by atoms with Crippen molar-refractivity contribution in [2.24, 2.45) is 0 Å². The van der Waals surface area contributed by atoms with Crippen LogP contribution in [-0.4, -0.2) is 40.7 Å². The Bertz CT molecular complexity index is 826. The van der Waals surface area contributed by atoms with Crippen LogP contribution in [0.2, 0.25) is 0 Å². The molecule has 3 aliphatic heterocycles. The van der Waals surface area contributed by atoms with E-state index in [4.69, 9.17) is 4.74 Å². The van der Waals surface area contributed by atoms with Crippen LogP contribution in [-0.2, 0) is 4.79 Å². The molecule has 1 aromatic rings. The van der Waals surface area contributed by atoms with Gasteiger partial charge >= 0.3 is 0 Å². The van der Waals surface area contributed by atoms with Gasteiger partial charge in [0.05, 0.1) is 18.9 Å². The van der Waals surface area contributed by atoms with Crippen LogP contribution in [0.5, 0.6) is 5.75 Å². The molecule has 0 spiro atoms. The number of carbonyl (C=O) groups is 1. The van der Waals surface area contributed by atoms with Crippen LogP contribution in [0.1, 0.15) is 30.9 Å². The first-order valence-corrected chi connectivity index (χ1v) is 12.3. The highest BCUT2D eigenvalue weighted by atomic mass is 32.2. The lowest BCUT2D eigenvalue weighted by Crippen LogP contribution is -2.50. The number of hydrogen-bond acceptors (Lipinski definition) is 6. The molecule has 0 saturated carbocycles. The fourth-order valence-corrected chi connectivity index (χ4v) is 7.99. The van der Waals surface area contributed by atoms with Crippen LogP contribution in [0.4, 0.5) is 0 Å². The normalized spacial score (nSPS) is 27.6. The van der Waals surface area contributed by atoms with Crippen molar-refractivity contribution in [2.45, 2.75) is 30.8 Å². The Kier molecular flexibility index (Phi) is 4.86. The largest absolute Gasteiger partial charge is 0.497 e. The Balaban J connectivity index is 1.63. The standard InChI is InChI=1S/C20H22N2O2S3/c1-24-13-7-5-12(6-8-13)18-14-3-2-4-15(19-25-9-10-26-19)17(14)21-20-22(18)16(23)11-27-20/h5-8,18,20-21H,2-4,9-11H2,1H3/t18-,20-/m1/s1. The predicted molar refractivity (Wildman–Crippen MR) is 115 cm³/mol. The fraction of sp³-hybridized carbons (Fsp3) is 0.450. The van der Waals surface area contributed by atoms with Crippen LogP contribution >= 0.6 is 35.3 Å². The Morgan fingerprint density at radius 1 is 1.15 bits per heavy atom. The van der Waals surface area contributed by atoms with Crippen LogP contribution in [0, 0.1) is 0 Å². The van der Waals surface area contributed by atoms with E-state index in [9.17, 15) is 4.79 Å². The number of thioether (sulfide) groups is 3. The smallest absolute Gasteiger partial charge is 0.235 e. The van der Waals surface area contributed by atoms with E-state index in [0.29, 0.717) is 5.75 Å². The lowest BCUT2D eigenvalue weighted by Gasteiger charge is -2.44. The van der Waals surface area contributed by atoms with Gasteiger partial charge in [0, 0.05) is 21.4 Å². The van der Waals surface area contributed by atoms with E-state index in [1.165, 1.54) is 38.1 Å². The number of amides is 1. The molecule has 1 aromatic carbocycles. The quantitative estimate of drug-likeness (QED) is 0.771. The zero-order chi connectivity index (χ0) is 18.4. The number of nitrogens with zero attached hydrogens (tertiary/aromatic N) is 1. The molecule has 2 fully saturated rings. The van der Waals surface area contributed by atoms with Gasteiger partial charge in [0.15, 0.2) is 5.50 Å². The molecule has 0 aromatic heterocycles. The molecule has 7 heteroatoms. The third-order valence-corrected chi connectivity index (χ3v) is 9.38. The number of fused-ring (bicyclic) bond motifs is 1. The van der Waals surface area contributed by atoms with Gasteiger partial charge in [-0.3, -0.25) is 4.79 Å². The molecular formula is C20H22N2O2S3. The van der Waals surface area contributed by atoms with E-state index in [1.807, 2.05) is 35.7 Å². The number of benzene rings is 1. The van der Waals surface area contributed by atoms with Gasteiger partial charge in [-0.2, -0.15) is 0 Å². The number of ether oxygens (including phenoxy) is 1. The Morgan fingerprint density at radius 3 is 2.67 bits per heavy atom. The number of carbonyl (C=O) groups excluding carboxylic acids is 1. The topological polar surface area (TPSA) is 41.6 Å². The second kappa shape index (κ2) is 7.33. The highest BCUT2D eigenvalue weighted by molar-refractivity contribution is 8.25. The summed E-state index contributed by atoms with van der Waals surface area (Å²) in [5.74, 6) is 4.05. The van der Waals surface area contributed by atoms with E-state index in [1.54, 1.807) is 18.9 Å². The summed E-state index contributed by atoms with van der Waals surface area (Å²) < 4.78 is 6.83. The zero-order valence-electron chi connectivity index (χ0n) is 15.2. The van der Waals surface area contributed by atoms with Gasteiger partial charge in [0.1, 0.15) is 5.75 Å². The highest BCUT2D eigenvalue weighted by Gasteiger charge is 2.45. The summed E-state index contributed by atoms with van der Waals surface area (Å²) in [7, 11) is 1.69. The van der Waals surface area contributed by atoms with Crippen molar-refractivity contribution >= 4 is 41.2 Å². The zero-order valence-corrected chi connectivity index (χ0v) is 17.6. The van der Waals surface area contributed by atoms with Crippen LogP contribution in [0.25, 0.3) is 0 Å². The molecule has 1 amide bonds. The lowest BCUT2D eigenvalue weighted by atomic mass is 9.83. The van der Waals surface area contributed by atoms with Crippen molar-refractivity contribution in [1.29, 1.82) is 0 Å². The molecule has 1 aliphatic carbocycles. The predicted octanol–water partition coefficient (Wildman–Crippen LogP) is 4.33. The van der Waals surface area contributed by atoms with Gasteiger partial charge in [-0.1, -0.05) is 12.1 Å². The third kappa shape index (κ3) is 3.08. The maximum Gasteiger partial charge on any atom is 0.235 e. The van der Waals surface area contributed by atoms with E-state index in [2.05, 4.69) is 22.3 Å². The third-order valence-electron chi connectivity index (χ3n) is 5.50. The van der Waals surface area contributed by atoms with Crippen molar-refractivity contribution in [3.8, 4) is 5.75 Å². The Hall–Kier alpha value is -1.18. The molecule has 142 valence electrons. The summed E-state index contributed by atoms with van der Waals surface area (Å²) in [5.41, 5.74) is 5.41. The molecule has 4 aliphatic rings. The van der Waals surface area contributed by atoms with Crippen molar-refractivity contribution in [1.82, 2.24) is 10.2 Å². The summed E-state index contributed by atoms with van der Waals surface area (Å²) in [6.07, 6.45) is 3.35. The average molecular weight is 419 g/mol. The molecule has 1 N–H and O–H groups in total. The number of allylic oxidation sites excluding steroid dienone is 1. The number of nitrogens with one attached hydrogen (secondary N) is 1. The fourth-order valence-electron chi connectivity index (χ4n) is 4.31. The first kappa shape index (κ1) is 17.9.